The van der Waals surface area contributed by atoms with Gasteiger partial charge in [-0.25, -0.2) is 17.8 Å². The van der Waals surface area contributed by atoms with Crippen LogP contribution in [0.25, 0.3) is 0 Å². The molecule has 2 aromatic carbocycles. The number of ether oxygens (including phenoxy) is 1. The van der Waals surface area contributed by atoms with E-state index in [4.69, 9.17) is 4.74 Å². The predicted molar refractivity (Wildman–Crippen MR) is 128 cm³/mol. The number of imidazole rings is 1. The summed E-state index contributed by atoms with van der Waals surface area (Å²) in [5.41, 5.74) is 2.93. The lowest BCUT2D eigenvalue weighted by Crippen LogP contribution is -2.32. The van der Waals surface area contributed by atoms with E-state index in [1.165, 1.54) is 29.0 Å². The van der Waals surface area contributed by atoms with Gasteiger partial charge in [0, 0.05) is 49.5 Å². The van der Waals surface area contributed by atoms with E-state index in [-0.39, 0.29) is 41.3 Å². The summed E-state index contributed by atoms with van der Waals surface area (Å²) in [6, 6.07) is 12.1. The summed E-state index contributed by atoms with van der Waals surface area (Å²) in [6.07, 6.45) is 3.92. The van der Waals surface area contributed by atoms with Crippen molar-refractivity contribution < 1.29 is 17.5 Å². The van der Waals surface area contributed by atoms with Gasteiger partial charge in [0.2, 0.25) is 0 Å². The number of aromatic nitrogens is 2. The van der Waals surface area contributed by atoms with E-state index in [0.29, 0.717) is 6.61 Å². The SMILES string of the molecule is Cn1cnc(S(=O)(=O)N2CC(Nc3ccc4c(c3)C(C)(C)CCO4)C(c3ccc(F)cc3)C2)c1. The van der Waals surface area contributed by atoms with Crippen molar-refractivity contribution in [1.29, 1.82) is 0 Å². The second-order valence-electron chi connectivity index (χ2n) is 9.80. The number of halogens is 1. The number of fused-ring (bicyclic) bond motifs is 1. The largest absolute Gasteiger partial charge is 0.493 e. The third-order valence-corrected chi connectivity index (χ3v) is 8.63. The normalized spacial score (nSPS) is 22.2. The van der Waals surface area contributed by atoms with Crippen molar-refractivity contribution >= 4 is 15.7 Å². The first-order valence-corrected chi connectivity index (χ1v) is 12.8. The summed E-state index contributed by atoms with van der Waals surface area (Å²) < 4.78 is 49.1. The first-order valence-electron chi connectivity index (χ1n) is 11.4. The molecule has 3 heterocycles. The van der Waals surface area contributed by atoms with Crippen LogP contribution in [0.4, 0.5) is 10.1 Å². The highest BCUT2D eigenvalue weighted by atomic mass is 32.2. The number of aryl methyl sites for hydroxylation is 1. The number of nitrogens with one attached hydrogen (secondary N) is 1. The minimum Gasteiger partial charge on any atom is -0.493 e. The third kappa shape index (κ3) is 4.18. The smallest absolute Gasteiger partial charge is 0.262 e. The van der Waals surface area contributed by atoms with Gasteiger partial charge >= 0.3 is 0 Å². The lowest BCUT2D eigenvalue weighted by molar-refractivity contribution is 0.234. The van der Waals surface area contributed by atoms with Crippen LogP contribution in [0, 0.1) is 5.82 Å². The minimum absolute atomic E-state index is 0.00827. The van der Waals surface area contributed by atoms with Crippen molar-refractivity contribution in [3.63, 3.8) is 0 Å². The first kappa shape index (κ1) is 22.9. The van der Waals surface area contributed by atoms with Gasteiger partial charge in [0.25, 0.3) is 10.0 Å². The predicted octanol–water partition coefficient (Wildman–Crippen LogP) is 3.89. The Hall–Kier alpha value is -2.91. The lowest BCUT2D eigenvalue weighted by atomic mass is 9.79. The van der Waals surface area contributed by atoms with Gasteiger partial charge in [-0.05, 0) is 47.7 Å². The molecule has 7 nitrogen and oxygen atoms in total. The topological polar surface area (TPSA) is 76.5 Å². The average molecular weight is 485 g/mol. The Morgan fingerprint density at radius 1 is 1.15 bits per heavy atom. The first-order chi connectivity index (χ1) is 16.1. The van der Waals surface area contributed by atoms with Crippen molar-refractivity contribution in [3.05, 3.63) is 71.9 Å². The molecule has 2 atom stereocenters. The molecule has 2 aliphatic heterocycles. The number of hydrogen-bond donors (Lipinski definition) is 1. The molecule has 180 valence electrons. The highest BCUT2D eigenvalue weighted by molar-refractivity contribution is 7.89. The van der Waals surface area contributed by atoms with Gasteiger partial charge in [-0.15, -0.1) is 0 Å². The van der Waals surface area contributed by atoms with Crippen LogP contribution in [0.15, 0.2) is 60.0 Å². The molecular weight excluding hydrogens is 455 g/mol. The number of anilines is 1. The molecule has 34 heavy (non-hydrogen) atoms. The van der Waals surface area contributed by atoms with E-state index in [2.05, 4.69) is 30.2 Å². The fourth-order valence-corrected chi connectivity index (χ4v) is 6.31. The lowest BCUT2D eigenvalue weighted by Gasteiger charge is -2.33. The molecule has 2 unspecified atom stereocenters. The number of benzene rings is 2. The number of hydrogen-bond acceptors (Lipinski definition) is 5. The van der Waals surface area contributed by atoms with Crippen molar-refractivity contribution in [2.45, 2.75) is 42.7 Å². The van der Waals surface area contributed by atoms with Crippen LogP contribution < -0.4 is 10.1 Å². The summed E-state index contributed by atoms with van der Waals surface area (Å²) in [5, 5.41) is 3.60. The Bertz CT molecular complexity index is 1300. The fraction of sp³-hybridized carbons (Fsp3) is 0.400. The summed E-state index contributed by atoms with van der Waals surface area (Å²) in [5.74, 6) is 0.420. The standard InChI is InChI=1S/C25H29FN4O3S/c1-25(2)10-11-33-23-9-8-19(12-21(23)25)28-22-14-30(34(31,32)24-15-29(3)16-27-24)13-20(22)17-4-6-18(26)7-5-17/h4-9,12,15-16,20,22,28H,10-11,13-14H2,1-3H3. The van der Waals surface area contributed by atoms with E-state index < -0.39 is 10.0 Å². The third-order valence-electron chi connectivity index (χ3n) is 6.92. The minimum atomic E-state index is -3.76. The molecule has 0 spiro atoms. The van der Waals surface area contributed by atoms with Gasteiger partial charge in [-0.3, -0.25) is 0 Å². The van der Waals surface area contributed by atoms with Gasteiger partial charge in [0.1, 0.15) is 11.6 Å². The van der Waals surface area contributed by atoms with Crippen LogP contribution in [0.5, 0.6) is 5.75 Å². The van der Waals surface area contributed by atoms with Crippen molar-refractivity contribution in [3.8, 4) is 5.75 Å². The molecular formula is C25H29FN4O3S. The molecule has 2 aliphatic rings. The van der Waals surface area contributed by atoms with Crippen LogP contribution in [0.2, 0.25) is 0 Å². The van der Waals surface area contributed by atoms with E-state index in [9.17, 15) is 12.8 Å². The molecule has 1 saturated heterocycles. The molecule has 0 aliphatic carbocycles. The zero-order chi connectivity index (χ0) is 24.1. The number of sulfonamides is 1. The fourth-order valence-electron chi connectivity index (χ4n) is 4.85. The maximum atomic E-state index is 13.6. The van der Waals surface area contributed by atoms with Crippen LogP contribution in [0.1, 0.15) is 37.3 Å². The van der Waals surface area contributed by atoms with Crippen LogP contribution in [-0.2, 0) is 22.5 Å². The van der Waals surface area contributed by atoms with E-state index in [0.717, 1.165) is 29.0 Å². The molecule has 0 saturated carbocycles. The van der Waals surface area contributed by atoms with Crippen molar-refractivity contribution in [1.82, 2.24) is 13.9 Å². The summed E-state index contributed by atoms with van der Waals surface area (Å²) in [4.78, 5) is 4.06. The monoisotopic (exact) mass is 484 g/mol. The van der Waals surface area contributed by atoms with Crippen LogP contribution >= 0.6 is 0 Å². The molecule has 5 rings (SSSR count). The molecule has 0 amide bonds. The Labute approximate surface area is 199 Å². The Morgan fingerprint density at radius 2 is 1.91 bits per heavy atom. The maximum Gasteiger partial charge on any atom is 0.262 e. The molecule has 9 heteroatoms. The van der Waals surface area contributed by atoms with Crippen LogP contribution in [-0.4, -0.2) is 48.0 Å². The number of nitrogens with zero attached hydrogens (tertiary/aromatic N) is 3. The van der Waals surface area contributed by atoms with Crippen LogP contribution in [0.3, 0.4) is 0 Å². The maximum absolute atomic E-state index is 13.6. The number of rotatable bonds is 5. The van der Waals surface area contributed by atoms with E-state index in [1.54, 1.807) is 23.7 Å². The highest BCUT2D eigenvalue weighted by Gasteiger charge is 2.41. The van der Waals surface area contributed by atoms with Gasteiger partial charge in [-0.1, -0.05) is 26.0 Å². The van der Waals surface area contributed by atoms with E-state index in [1.807, 2.05) is 12.1 Å². The Morgan fingerprint density at radius 3 is 2.62 bits per heavy atom. The molecule has 0 bridgehead atoms. The summed E-state index contributed by atoms with van der Waals surface area (Å²) in [7, 11) is -2.02. The Kier molecular flexibility index (Phi) is 5.64. The van der Waals surface area contributed by atoms with Gasteiger partial charge in [0.15, 0.2) is 5.03 Å². The zero-order valence-electron chi connectivity index (χ0n) is 19.5. The second-order valence-corrected chi connectivity index (χ2v) is 11.7. The van der Waals surface area contributed by atoms with E-state index >= 15 is 0 Å². The van der Waals surface area contributed by atoms with Crippen molar-refractivity contribution in [2.75, 3.05) is 25.0 Å². The van der Waals surface area contributed by atoms with Crippen molar-refractivity contribution in [2.24, 2.45) is 7.05 Å². The average Bonchev–Trinajstić information content (AvgIpc) is 3.42. The molecule has 1 N–H and O–H groups in total. The van der Waals surface area contributed by atoms with Gasteiger partial charge in [0.05, 0.1) is 12.9 Å². The molecule has 1 aromatic heterocycles. The zero-order valence-corrected chi connectivity index (χ0v) is 20.3. The summed E-state index contributed by atoms with van der Waals surface area (Å²) in [6.45, 7) is 5.66. The highest BCUT2D eigenvalue weighted by Crippen LogP contribution is 2.40. The quantitative estimate of drug-likeness (QED) is 0.595. The second kappa shape index (κ2) is 8.39. The molecule has 1 fully saturated rings. The van der Waals surface area contributed by atoms with Gasteiger partial charge < -0.3 is 14.6 Å². The molecule has 3 aromatic rings. The summed E-state index contributed by atoms with van der Waals surface area (Å²) >= 11 is 0. The van der Waals surface area contributed by atoms with Gasteiger partial charge in [-0.2, -0.15) is 4.31 Å². The Balaban J connectivity index is 1.47. The molecule has 0 radical (unpaired) electrons.